The van der Waals surface area contributed by atoms with Crippen molar-refractivity contribution >= 4 is 44.6 Å². The monoisotopic (exact) mass is 530 g/mol. The fourth-order valence-corrected chi connectivity index (χ4v) is 5.38. The van der Waals surface area contributed by atoms with Gasteiger partial charge < -0.3 is 19.9 Å². The highest BCUT2D eigenvalue weighted by molar-refractivity contribution is 7.21. The van der Waals surface area contributed by atoms with E-state index in [2.05, 4.69) is 0 Å². The Bertz CT molecular complexity index is 1610. The van der Waals surface area contributed by atoms with Crippen LogP contribution in [-0.4, -0.2) is 32.1 Å². The van der Waals surface area contributed by atoms with Gasteiger partial charge in [0.2, 0.25) is 5.78 Å². The van der Waals surface area contributed by atoms with Crippen LogP contribution >= 0.6 is 22.9 Å². The van der Waals surface area contributed by atoms with Gasteiger partial charge in [0.05, 0.1) is 32.7 Å². The van der Waals surface area contributed by atoms with Crippen molar-refractivity contribution in [3.63, 3.8) is 0 Å². The van der Waals surface area contributed by atoms with Gasteiger partial charge >= 0.3 is 0 Å². The molecule has 5 aromatic rings. The van der Waals surface area contributed by atoms with Crippen LogP contribution in [0, 0.1) is 0 Å². The van der Waals surface area contributed by atoms with E-state index in [1.165, 1.54) is 11.3 Å². The average molecular weight is 531 g/mol. The van der Waals surface area contributed by atoms with Gasteiger partial charge in [0, 0.05) is 21.5 Å². The Morgan fingerprint density at radius 3 is 2.16 bits per heavy atom. The summed E-state index contributed by atoms with van der Waals surface area (Å²) < 4.78 is 16.4. The Morgan fingerprint density at radius 1 is 0.838 bits per heavy atom. The molecule has 2 N–H and O–H groups in total. The van der Waals surface area contributed by atoms with E-state index in [4.69, 9.17) is 36.5 Å². The van der Waals surface area contributed by atoms with Crippen LogP contribution in [0.25, 0.3) is 32.6 Å². The number of anilines is 1. The molecule has 3 aromatic carbocycles. The van der Waals surface area contributed by atoms with Crippen LogP contribution < -0.4 is 19.9 Å². The molecule has 8 heteroatoms. The quantitative estimate of drug-likeness (QED) is 0.225. The van der Waals surface area contributed by atoms with Gasteiger partial charge in [0.15, 0.2) is 0 Å². The lowest BCUT2D eigenvalue weighted by atomic mass is 9.98. The Morgan fingerprint density at radius 2 is 1.51 bits per heavy atom. The molecule has 2 aromatic heterocycles. The van der Waals surface area contributed by atoms with Gasteiger partial charge in [0.25, 0.3) is 0 Å². The van der Waals surface area contributed by atoms with E-state index in [0.717, 1.165) is 27.8 Å². The first-order valence-corrected chi connectivity index (χ1v) is 12.5. The van der Waals surface area contributed by atoms with Crippen molar-refractivity contribution in [3.8, 4) is 39.6 Å². The summed E-state index contributed by atoms with van der Waals surface area (Å²) in [6.45, 7) is 0. The van der Waals surface area contributed by atoms with Crippen LogP contribution in [0.3, 0.4) is 0 Å². The molecule has 5 rings (SSSR count). The third-order valence-electron chi connectivity index (χ3n) is 6.10. The van der Waals surface area contributed by atoms with Crippen LogP contribution in [0.5, 0.6) is 17.2 Å². The standard InChI is InChI=1S/C29H23ClN2O4S/c1-34-19-10-6-16(7-11-19)21-15-23(22-14-20(35-2)12-13-24(22)36-3)32-29-25(21)26(31)28(37-29)27(33)17-4-8-18(30)9-5-17/h4-15H,31H2,1-3H3. The van der Waals surface area contributed by atoms with E-state index in [0.29, 0.717) is 43.2 Å². The molecule has 0 saturated heterocycles. The molecule has 0 radical (unpaired) electrons. The summed E-state index contributed by atoms with van der Waals surface area (Å²) in [6.07, 6.45) is 0. The lowest BCUT2D eigenvalue weighted by Crippen LogP contribution is -2.02. The largest absolute Gasteiger partial charge is 0.497 e. The van der Waals surface area contributed by atoms with Gasteiger partial charge in [-0.3, -0.25) is 4.79 Å². The highest BCUT2D eigenvalue weighted by atomic mass is 35.5. The number of thiophene rings is 1. The first kappa shape index (κ1) is 24.6. The highest BCUT2D eigenvalue weighted by Gasteiger charge is 2.23. The maximum Gasteiger partial charge on any atom is 0.205 e. The van der Waals surface area contributed by atoms with Crippen molar-refractivity contribution in [2.75, 3.05) is 27.1 Å². The number of halogens is 1. The Kier molecular flexibility index (Phi) is 6.74. The van der Waals surface area contributed by atoms with Gasteiger partial charge in [0.1, 0.15) is 27.0 Å². The zero-order valence-electron chi connectivity index (χ0n) is 20.4. The molecule has 0 spiro atoms. The second kappa shape index (κ2) is 10.1. The molecular weight excluding hydrogens is 508 g/mol. The van der Waals surface area contributed by atoms with E-state index >= 15 is 0 Å². The summed E-state index contributed by atoms with van der Waals surface area (Å²) in [5, 5.41) is 1.28. The fraction of sp³-hybridized carbons (Fsp3) is 0.103. The number of fused-ring (bicyclic) bond motifs is 1. The van der Waals surface area contributed by atoms with E-state index in [-0.39, 0.29) is 5.78 Å². The summed E-state index contributed by atoms with van der Waals surface area (Å²) in [6, 6.07) is 21.9. The highest BCUT2D eigenvalue weighted by Crippen LogP contribution is 2.44. The number of methoxy groups -OCH3 is 3. The lowest BCUT2D eigenvalue weighted by molar-refractivity contribution is 0.104. The van der Waals surface area contributed by atoms with Crippen LogP contribution in [0.1, 0.15) is 15.2 Å². The molecule has 186 valence electrons. The number of benzene rings is 3. The molecule has 0 aliphatic carbocycles. The number of pyridine rings is 1. The molecule has 0 aliphatic rings. The zero-order chi connectivity index (χ0) is 26.1. The Labute approximate surface area is 223 Å². The molecule has 0 aliphatic heterocycles. The van der Waals surface area contributed by atoms with Crippen molar-refractivity contribution in [1.82, 2.24) is 4.98 Å². The van der Waals surface area contributed by atoms with E-state index < -0.39 is 0 Å². The first-order valence-electron chi connectivity index (χ1n) is 11.3. The van der Waals surface area contributed by atoms with Crippen molar-refractivity contribution in [2.24, 2.45) is 0 Å². The molecule has 2 heterocycles. The minimum atomic E-state index is -0.182. The number of hydrogen-bond acceptors (Lipinski definition) is 7. The van der Waals surface area contributed by atoms with Crippen LogP contribution in [0.2, 0.25) is 5.02 Å². The van der Waals surface area contributed by atoms with Gasteiger partial charge in [-0.1, -0.05) is 23.7 Å². The maximum atomic E-state index is 13.4. The van der Waals surface area contributed by atoms with Crippen molar-refractivity contribution in [2.45, 2.75) is 0 Å². The van der Waals surface area contributed by atoms with E-state index in [1.54, 1.807) is 45.6 Å². The van der Waals surface area contributed by atoms with E-state index in [1.807, 2.05) is 48.5 Å². The summed E-state index contributed by atoms with van der Waals surface area (Å²) in [5.41, 5.74) is 10.7. The number of carbonyl (C=O) groups excluding carboxylic acids is 1. The topological polar surface area (TPSA) is 83.7 Å². The number of ether oxygens (including phenoxy) is 3. The normalized spacial score (nSPS) is 10.9. The predicted octanol–water partition coefficient (Wildman–Crippen LogP) is 7.12. The molecule has 6 nitrogen and oxygen atoms in total. The number of aromatic nitrogens is 1. The van der Waals surface area contributed by atoms with Crippen LogP contribution in [0.4, 0.5) is 5.69 Å². The van der Waals surface area contributed by atoms with Gasteiger partial charge in [-0.2, -0.15) is 0 Å². The lowest BCUT2D eigenvalue weighted by Gasteiger charge is -2.13. The Hall–Kier alpha value is -4.07. The molecule has 0 fully saturated rings. The first-order chi connectivity index (χ1) is 17.9. The van der Waals surface area contributed by atoms with Crippen molar-refractivity contribution in [3.05, 3.63) is 88.3 Å². The molecule has 0 atom stereocenters. The SMILES string of the molecule is COc1ccc(-c2cc(-c3cc(OC)ccc3OC)nc3sc(C(=O)c4ccc(Cl)cc4)c(N)c23)cc1. The van der Waals surface area contributed by atoms with Crippen molar-refractivity contribution < 1.29 is 19.0 Å². The number of hydrogen-bond donors (Lipinski definition) is 1. The predicted molar refractivity (Wildman–Crippen MR) is 149 cm³/mol. The van der Waals surface area contributed by atoms with E-state index in [9.17, 15) is 4.79 Å². The molecule has 0 saturated carbocycles. The maximum absolute atomic E-state index is 13.4. The summed E-state index contributed by atoms with van der Waals surface area (Å²) >= 11 is 7.28. The number of rotatable bonds is 7. The molecule has 0 bridgehead atoms. The number of nitrogens with zero attached hydrogens (tertiary/aromatic N) is 1. The zero-order valence-corrected chi connectivity index (χ0v) is 21.9. The second-order valence-electron chi connectivity index (χ2n) is 8.21. The minimum Gasteiger partial charge on any atom is -0.497 e. The molecule has 0 amide bonds. The summed E-state index contributed by atoms with van der Waals surface area (Å²) in [5.74, 6) is 1.88. The van der Waals surface area contributed by atoms with Gasteiger partial charge in [-0.05, 0) is 71.8 Å². The average Bonchev–Trinajstić information content (AvgIpc) is 3.28. The van der Waals surface area contributed by atoms with Crippen LogP contribution in [0.15, 0.2) is 72.8 Å². The summed E-state index contributed by atoms with van der Waals surface area (Å²) in [4.78, 5) is 19.4. The summed E-state index contributed by atoms with van der Waals surface area (Å²) in [7, 11) is 4.85. The fourth-order valence-electron chi connectivity index (χ4n) is 4.17. The third-order valence-corrected chi connectivity index (χ3v) is 7.45. The number of carbonyl (C=O) groups is 1. The number of ketones is 1. The molecule has 0 unspecified atom stereocenters. The Balaban J connectivity index is 1.76. The molecular formula is C29H23ClN2O4S. The second-order valence-corrected chi connectivity index (χ2v) is 9.65. The van der Waals surface area contributed by atoms with Crippen molar-refractivity contribution in [1.29, 1.82) is 0 Å². The minimum absolute atomic E-state index is 0.182. The number of nitrogen functional groups attached to an aromatic ring is 1. The van der Waals surface area contributed by atoms with Gasteiger partial charge in [-0.25, -0.2) is 4.98 Å². The smallest absolute Gasteiger partial charge is 0.205 e. The molecule has 37 heavy (non-hydrogen) atoms. The number of nitrogens with two attached hydrogens (primary N) is 1. The third kappa shape index (κ3) is 4.59. The van der Waals surface area contributed by atoms with Gasteiger partial charge in [-0.15, -0.1) is 11.3 Å². The van der Waals surface area contributed by atoms with Crippen LogP contribution in [-0.2, 0) is 0 Å².